The van der Waals surface area contributed by atoms with E-state index >= 15 is 0 Å². The van der Waals surface area contributed by atoms with Gasteiger partial charge in [0.05, 0.1) is 6.20 Å². The minimum Gasteiger partial charge on any atom is -0.407 e. The Morgan fingerprint density at radius 2 is 2.12 bits per heavy atom. The third-order valence-electron chi connectivity index (χ3n) is 1.99. The highest BCUT2D eigenvalue weighted by Crippen LogP contribution is 2.07. The number of carbonyl (C=O) groups is 1. The molecule has 16 heavy (non-hydrogen) atoms. The Bertz CT molecular complexity index is 482. The van der Waals surface area contributed by atoms with Gasteiger partial charge < -0.3 is 4.84 Å². The zero-order valence-corrected chi connectivity index (χ0v) is 9.09. The van der Waals surface area contributed by atoms with Gasteiger partial charge in [0.25, 0.3) is 0 Å². The zero-order chi connectivity index (χ0) is 11.4. The van der Waals surface area contributed by atoms with Gasteiger partial charge in [-0.25, -0.2) is 4.98 Å². The SMILES string of the molecule is O=Cc1cn(OCc2ccccc2)c(Cl)n1. The molecule has 0 amide bonds. The third kappa shape index (κ3) is 2.41. The van der Waals surface area contributed by atoms with E-state index in [-0.39, 0.29) is 11.0 Å². The van der Waals surface area contributed by atoms with E-state index in [2.05, 4.69) is 4.98 Å². The first-order valence-corrected chi connectivity index (χ1v) is 5.04. The summed E-state index contributed by atoms with van der Waals surface area (Å²) < 4.78 is 1.28. The smallest absolute Gasteiger partial charge is 0.237 e. The first-order chi connectivity index (χ1) is 7.79. The van der Waals surface area contributed by atoms with Gasteiger partial charge in [0.2, 0.25) is 5.28 Å². The van der Waals surface area contributed by atoms with Crippen molar-refractivity contribution in [2.45, 2.75) is 6.61 Å². The number of halogens is 1. The number of benzene rings is 1. The summed E-state index contributed by atoms with van der Waals surface area (Å²) in [6, 6.07) is 9.64. The number of imidazole rings is 1. The van der Waals surface area contributed by atoms with Crippen LogP contribution in [0.5, 0.6) is 0 Å². The fourth-order valence-electron chi connectivity index (χ4n) is 1.22. The second-order valence-corrected chi connectivity index (χ2v) is 3.48. The molecule has 0 aliphatic carbocycles. The number of aromatic nitrogens is 2. The molecule has 1 aromatic carbocycles. The molecule has 1 aromatic heterocycles. The van der Waals surface area contributed by atoms with Crippen LogP contribution in [0.2, 0.25) is 5.28 Å². The van der Waals surface area contributed by atoms with Crippen LogP contribution >= 0.6 is 11.6 Å². The van der Waals surface area contributed by atoms with Crippen LogP contribution < -0.4 is 4.84 Å². The molecule has 0 aliphatic heterocycles. The molecule has 0 saturated carbocycles. The van der Waals surface area contributed by atoms with E-state index in [1.54, 1.807) is 0 Å². The monoisotopic (exact) mass is 236 g/mol. The molecule has 5 heteroatoms. The molecule has 0 aliphatic rings. The highest BCUT2D eigenvalue weighted by Gasteiger charge is 2.05. The van der Waals surface area contributed by atoms with Crippen LogP contribution in [-0.2, 0) is 6.61 Å². The van der Waals surface area contributed by atoms with Gasteiger partial charge >= 0.3 is 0 Å². The predicted molar refractivity (Wildman–Crippen MR) is 59.4 cm³/mol. The first-order valence-electron chi connectivity index (χ1n) is 4.67. The zero-order valence-electron chi connectivity index (χ0n) is 8.34. The van der Waals surface area contributed by atoms with Gasteiger partial charge in [-0.3, -0.25) is 4.79 Å². The van der Waals surface area contributed by atoms with E-state index in [9.17, 15) is 4.79 Å². The van der Waals surface area contributed by atoms with E-state index in [0.717, 1.165) is 5.56 Å². The Morgan fingerprint density at radius 1 is 1.38 bits per heavy atom. The summed E-state index contributed by atoms with van der Waals surface area (Å²) in [4.78, 5) is 19.6. The summed E-state index contributed by atoms with van der Waals surface area (Å²) >= 11 is 5.76. The van der Waals surface area contributed by atoms with Crippen molar-refractivity contribution in [1.82, 2.24) is 9.71 Å². The van der Waals surface area contributed by atoms with Crippen LogP contribution in [0, 0.1) is 0 Å². The minimum atomic E-state index is 0.137. The van der Waals surface area contributed by atoms with Crippen LogP contribution in [-0.4, -0.2) is 16.0 Å². The first kappa shape index (κ1) is 10.7. The summed E-state index contributed by atoms with van der Waals surface area (Å²) in [6.07, 6.45) is 2.06. The molecule has 0 radical (unpaired) electrons. The normalized spacial score (nSPS) is 10.1. The Balaban J connectivity index is 2.04. The highest BCUT2D eigenvalue weighted by atomic mass is 35.5. The molecule has 0 atom stereocenters. The standard InChI is InChI=1S/C11H9ClN2O2/c12-11-13-10(7-15)6-14(11)16-8-9-4-2-1-3-5-9/h1-7H,8H2. The number of hydrogen-bond donors (Lipinski definition) is 0. The van der Waals surface area contributed by atoms with Crippen molar-refractivity contribution < 1.29 is 9.63 Å². The maximum Gasteiger partial charge on any atom is 0.237 e. The number of carbonyl (C=O) groups excluding carboxylic acids is 1. The Kier molecular flexibility index (Phi) is 3.22. The number of rotatable bonds is 4. The van der Waals surface area contributed by atoms with Crippen LogP contribution in [0.15, 0.2) is 36.5 Å². The van der Waals surface area contributed by atoms with Crippen LogP contribution in [0.4, 0.5) is 0 Å². The lowest BCUT2D eigenvalue weighted by molar-refractivity contribution is 0.0969. The lowest BCUT2D eigenvalue weighted by Gasteiger charge is -2.06. The molecule has 0 unspecified atom stereocenters. The van der Waals surface area contributed by atoms with Gasteiger partial charge in [-0.2, -0.15) is 4.73 Å². The van der Waals surface area contributed by atoms with E-state index < -0.39 is 0 Å². The van der Waals surface area contributed by atoms with Crippen molar-refractivity contribution in [2.24, 2.45) is 0 Å². The van der Waals surface area contributed by atoms with Crippen LogP contribution in [0.3, 0.4) is 0 Å². The van der Waals surface area contributed by atoms with E-state index in [0.29, 0.717) is 12.9 Å². The molecule has 82 valence electrons. The summed E-state index contributed by atoms with van der Waals surface area (Å²) in [5.41, 5.74) is 1.26. The average molecular weight is 237 g/mol. The fourth-order valence-corrected chi connectivity index (χ4v) is 1.42. The van der Waals surface area contributed by atoms with Crippen molar-refractivity contribution in [1.29, 1.82) is 0 Å². The maximum absolute atomic E-state index is 10.5. The van der Waals surface area contributed by atoms with Crippen molar-refractivity contribution in [3.63, 3.8) is 0 Å². The second-order valence-electron chi connectivity index (χ2n) is 3.14. The minimum absolute atomic E-state index is 0.137. The Labute approximate surface area is 97.4 Å². The fraction of sp³-hybridized carbons (Fsp3) is 0.0909. The Morgan fingerprint density at radius 3 is 2.75 bits per heavy atom. The van der Waals surface area contributed by atoms with Crippen LogP contribution in [0.1, 0.15) is 16.1 Å². The van der Waals surface area contributed by atoms with Gasteiger partial charge in [-0.05, 0) is 17.2 Å². The molecule has 2 aromatic rings. The molecule has 0 spiro atoms. The van der Waals surface area contributed by atoms with E-state index in [1.165, 1.54) is 10.9 Å². The summed E-state index contributed by atoms with van der Waals surface area (Å²) in [6.45, 7) is 0.370. The molecule has 0 saturated heterocycles. The number of aldehydes is 1. The quantitative estimate of drug-likeness (QED) is 0.763. The van der Waals surface area contributed by atoms with Crippen molar-refractivity contribution in [3.05, 3.63) is 53.1 Å². The summed E-state index contributed by atoms with van der Waals surface area (Å²) in [5, 5.41) is 0.137. The number of hydrogen-bond acceptors (Lipinski definition) is 3. The molecule has 0 N–H and O–H groups in total. The molecule has 4 nitrogen and oxygen atoms in total. The largest absolute Gasteiger partial charge is 0.407 e. The molecule has 0 fully saturated rings. The number of nitrogens with zero attached hydrogens (tertiary/aromatic N) is 2. The lowest BCUT2D eigenvalue weighted by atomic mass is 10.2. The van der Waals surface area contributed by atoms with E-state index in [4.69, 9.17) is 16.4 Å². The molecular weight excluding hydrogens is 228 g/mol. The summed E-state index contributed by atoms with van der Waals surface area (Å²) in [5.74, 6) is 0. The van der Waals surface area contributed by atoms with Gasteiger partial charge in [-0.15, -0.1) is 0 Å². The van der Waals surface area contributed by atoms with Crippen LogP contribution in [0.25, 0.3) is 0 Å². The van der Waals surface area contributed by atoms with Gasteiger partial charge in [0.15, 0.2) is 6.29 Å². The summed E-state index contributed by atoms with van der Waals surface area (Å²) in [7, 11) is 0. The molecule has 0 bridgehead atoms. The topological polar surface area (TPSA) is 44.1 Å². The lowest BCUT2D eigenvalue weighted by Crippen LogP contribution is -2.10. The molecule has 1 heterocycles. The Hall–Kier alpha value is -1.81. The maximum atomic E-state index is 10.5. The highest BCUT2D eigenvalue weighted by molar-refractivity contribution is 6.28. The second kappa shape index (κ2) is 4.81. The third-order valence-corrected chi connectivity index (χ3v) is 2.24. The van der Waals surface area contributed by atoms with Gasteiger partial charge in [0.1, 0.15) is 12.3 Å². The van der Waals surface area contributed by atoms with Gasteiger partial charge in [-0.1, -0.05) is 30.3 Å². The molecular formula is C11H9ClN2O2. The predicted octanol–water partition coefficient (Wildman–Crippen LogP) is 1.98. The van der Waals surface area contributed by atoms with Gasteiger partial charge in [0, 0.05) is 0 Å². The molecule has 2 rings (SSSR count). The van der Waals surface area contributed by atoms with E-state index in [1.807, 2.05) is 30.3 Å². The van der Waals surface area contributed by atoms with Crippen molar-refractivity contribution in [3.8, 4) is 0 Å². The average Bonchev–Trinajstić information content (AvgIpc) is 2.69. The van der Waals surface area contributed by atoms with Crippen molar-refractivity contribution >= 4 is 17.9 Å². The van der Waals surface area contributed by atoms with Crippen molar-refractivity contribution in [2.75, 3.05) is 0 Å².